The van der Waals surface area contributed by atoms with Crippen molar-refractivity contribution in [3.63, 3.8) is 0 Å². The maximum atomic E-state index is 12.3. The molecule has 2 amide bonds. The summed E-state index contributed by atoms with van der Waals surface area (Å²) >= 11 is 0. The Balaban J connectivity index is 1.74. The Morgan fingerprint density at radius 3 is 2.23 bits per heavy atom. The number of hydrogen-bond acceptors (Lipinski definition) is 4. The Kier molecular flexibility index (Phi) is 6.40. The highest BCUT2D eigenvalue weighted by Crippen LogP contribution is 2.24. The molecule has 1 N–H and O–H groups in total. The van der Waals surface area contributed by atoms with Crippen molar-refractivity contribution >= 4 is 23.5 Å². The molecule has 1 heterocycles. The van der Waals surface area contributed by atoms with E-state index in [1.807, 2.05) is 39.8 Å². The molecule has 6 nitrogen and oxygen atoms in total. The van der Waals surface area contributed by atoms with Crippen LogP contribution in [-0.4, -0.2) is 42.4 Å². The molecule has 0 unspecified atom stereocenters. The van der Waals surface area contributed by atoms with Crippen LogP contribution in [-0.2, 0) is 19.1 Å². The van der Waals surface area contributed by atoms with E-state index in [2.05, 4.69) is 5.32 Å². The topological polar surface area (TPSA) is 75.7 Å². The van der Waals surface area contributed by atoms with Gasteiger partial charge in [-0.15, -0.1) is 0 Å². The molecule has 142 valence electrons. The molecule has 2 rings (SSSR count). The zero-order valence-electron chi connectivity index (χ0n) is 16.0. The van der Waals surface area contributed by atoms with Gasteiger partial charge in [-0.05, 0) is 31.9 Å². The molecular formula is C20H28N2O4. The van der Waals surface area contributed by atoms with Crippen LogP contribution in [0, 0.1) is 18.3 Å². The van der Waals surface area contributed by atoms with Crippen LogP contribution in [0.4, 0.5) is 5.69 Å². The summed E-state index contributed by atoms with van der Waals surface area (Å²) < 4.78 is 5.15. The predicted molar refractivity (Wildman–Crippen MR) is 99.5 cm³/mol. The van der Waals surface area contributed by atoms with Crippen molar-refractivity contribution in [1.29, 1.82) is 0 Å². The van der Waals surface area contributed by atoms with E-state index in [9.17, 15) is 14.4 Å². The van der Waals surface area contributed by atoms with Crippen LogP contribution in [0.3, 0.4) is 0 Å². The lowest BCUT2D eigenvalue weighted by molar-refractivity contribution is -0.155. The van der Waals surface area contributed by atoms with Crippen molar-refractivity contribution in [2.24, 2.45) is 11.3 Å². The van der Waals surface area contributed by atoms with Gasteiger partial charge in [-0.2, -0.15) is 0 Å². The van der Waals surface area contributed by atoms with Crippen LogP contribution < -0.4 is 5.32 Å². The molecule has 0 aliphatic carbocycles. The van der Waals surface area contributed by atoms with Crippen molar-refractivity contribution in [2.75, 3.05) is 25.0 Å². The molecule has 1 saturated heterocycles. The molecule has 1 aliphatic rings. The Morgan fingerprint density at radius 2 is 1.69 bits per heavy atom. The van der Waals surface area contributed by atoms with Gasteiger partial charge in [0, 0.05) is 24.2 Å². The molecule has 1 aromatic rings. The highest BCUT2D eigenvalue weighted by atomic mass is 16.5. The summed E-state index contributed by atoms with van der Waals surface area (Å²) in [5, 5.41) is 2.70. The maximum Gasteiger partial charge on any atom is 0.309 e. The zero-order valence-corrected chi connectivity index (χ0v) is 16.0. The number of ether oxygens (including phenoxy) is 1. The Labute approximate surface area is 154 Å². The number of rotatable bonds is 4. The largest absolute Gasteiger partial charge is 0.455 e. The van der Waals surface area contributed by atoms with Gasteiger partial charge in [0.1, 0.15) is 0 Å². The fraction of sp³-hybridized carbons (Fsp3) is 0.550. The molecule has 6 heteroatoms. The lowest BCUT2D eigenvalue weighted by Gasteiger charge is -2.34. The Hall–Kier alpha value is -2.37. The number of esters is 1. The summed E-state index contributed by atoms with van der Waals surface area (Å²) in [6.07, 6.45) is 1.14. The number of piperidine rings is 1. The predicted octanol–water partition coefficient (Wildman–Crippen LogP) is 2.76. The van der Waals surface area contributed by atoms with Gasteiger partial charge in [0.05, 0.1) is 5.92 Å². The van der Waals surface area contributed by atoms with E-state index in [1.54, 1.807) is 17.0 Å². The lowest BCUT2D eigenvalue weighted by atomic mass is 9.91. The van der Waals surface area contributed by atoms with Crippen LogP contribution in [0.25, 0.3) is 0 Å². The number of aryl methyl sites for hydroxylation is 1. The second-order valence-corrected chi connectivity index (χ2v) is 7.84. The lowest BCUT2D eigenvalue weighted by Crippen LogP contribution is -2.45. The van der Waals surface area contributed by atoms with Gasteiger partial charge in [-0.25, -0.2) is 0 Å². The standard InChI is InChI=1S/C20H28N2O4/c1-14-5-7-16(8-6-14)21-17(23)13-26-18(24)15-9-11-22(12-10-15)19(25)20(2,3)4/h5-8,15H,9-13H2,1-4H3,(H,21,23). The van der Waals surface area contributed by atoms with E-state index in [0.717, 1.165) is 5.56 Å². The first kappa shape index (κ1) is 19.9. The first-order valence-corrected chi connectivity index (χ1v) is 8.99. The van der Waals surface area contributed by atoms with Crippen molar-refractivity contribution < 1.29 is 19.1 Å². The van der Waals surface area contributed by atoms with E-state index < -0.39 is 5.41 Å². The Morgan fingerprint density at radius 1 is 1.12 bits per heavy atom. The third-order valence-electron chi connectivity index (χ3n) is 4.44. The summed E-state index contributed by atoms with van der Waals surface area (Å²) in [5.41, 5.74) is 1.36. The van der Waals surface area contributed by atoms with E-state index >= 15 is 0 Å². The van der Waals surface area contributed by atoms with Crippen molar-refractivity contribution in [3.05, 3.63) is 29.8 Å². The van der Waals surface area contributed by atoms with Gasteiger partial charge < -0.3 is 15.0 Å². The van der Waals surface area contributed by atoms with E-state index in [-0.39, 0.29) is 30.3 Å². The molecule has 26 heavy (non-hydrogen) atoms. The molecule has 0 spiro atoms. The molecule has 0 atom stereocenters. The second-order valence-electron chi connectivity index (χ2n) is 7.84. The number of anilines is 1. The monoisotopic (exact) mass is 360 g/mol. The third-order valence-corrected chi connectivity index (χ3v) is 4.44. The minimum Gasteiger partial charge on any atom is -0.455 e. The average Bonchev–Trinajstić information content (AvgIpc) is 2.60. The molecule has 1 aromatic carbocycles. The van der Waals surface area contributed by atoms with Crippen molar-refractivity contribution in [2.45, 2.75) is 40.5 Å². The fourth-order valence-corrected chi connectivity index (χ4v) is 2.88. The van der Waals surface area contributed by atoms with Crippen LogP contribution in [0.2, 0.25) is 0 Å². The van der Waals surface area contributed by atoms with Gasteiger partial charge in [0.25, 0.3) is 5.91 Å². The van der Waals surface area contributed by atoms with Crippen molar-refractivity contribution in [1.82, 2.24) is 4.90 Å². The van der Waals surface area contributed by atoms with E-state index in [4.69, 9.17) is 4.74 Å². The summed E-state index contributed by atoms with van der Waals surface area (Å²) in [6.45, 7) is 8.44. The SMILES string of the molecule is Cc1ccc(NC(=O)COC(=O)C2CCN(C(=O)C(C)(C)C)CC2)cc1. The van der Waals surface area contributed by atoms with Crippen LogP contribution in [0.1, 0.15) is 39.2 Å². The highest BCUT2D eigenvalue weighted by molar-refractivity contribution is 5.93. The van der Waals surface area contributed by atoms with Crippen LogP contribution in [0.15, 0.2) is 24.3 Å². The number of carbonyl (C=O) groups excluding carboxylic acids is 3. The van der Waals surface area contributed by atoms with Crippen molar-refractivity contribution in [3.8, 4) is 0 Å². The fourth-order valence-electron chi connectivity index (χ4n) is 2.88. The highest BCUT2D eigenvalue weighted by Gasteiger charge is 2.33. The van der Waals surface area contributed by atoms with E-state index in [0.29, 0.717) is 31.6 Å². The first-order valence-electron chi connectivity index (χ1n) is 8.99. The average molecular weight is 360 g/mol. The minimum absolute atomic E-state index is 0.0989. The summed E-state index contributed by atoms with van der Waals surface area (Å²) in [7, 11) is 0. The second kappa shape index (κ2) is 8.34. The number of benzene rings is 1. The summed E-state index contributed by atoms with van der Waals surface area (Å²) in [6, 6.07) is 7.40. The molecule has 0 saturated carbocycles. The van der Waals surface area contributed by atoms with Gasteiger partial charge in [-0.1, -0.05) is 38.5 Å². The number of nitrogens with zero attached hydrogens (tertiary/aromatic N) is 1. The number of amides is 2. The maximum absolute atomic E-state index is 12.3. The molecule has 1 fully saturated rings. The minimum atomic E-state index is -0.415. The number of hydrogen-bond donors (Lipinski definition) is 1. The van der Waals surface area contributed by atoms with Gasteiger partial charge >= 0.3 is 5.97 Å². The summed E-state index contributed by atoms with van der Waals surface area (Å²) in [5.74, 6) is -0.887. The normalized spacial score (nSPS) is 15.5. The quantitative estimate of drug-likeness (QED) is 0.838. The van der Waals surface area contributed by atoms with Crippen LogP contribution in [0.5, 0.6) is 0 Å². The van der Waals surface area contributed by atoms with Gasteiger partial charge in [-0.3, -0.25) is 14.4 Å². The van der Waals surface area contributed by atoms with Gasteiger partial charge in [0.2, 0.25) is 5.91 Å². The zero-order chi connectivity index (χ0) is 19.3. The van der Waals surface area contributed by atoms with E-state index in [1.165, 1.54) is 0 Å². The molecule has 0 radical (unpaired) electrons. The molecule has 0 aromatic heterocycles. The smallest absolute Gasteiger partial charge is 0.309 e. The molecule has 0 bridgehead atoms. The number of likely N-dealkylation sites (tertiary alicyclic amines) is 1. The molecule has 1 aliphatic heterocycles. The number of carbonyl (C=O) groups is 3. The molecular weight excluding hydrogens is 332 g/mol. The van der Waals surface area contributed by atoms with Crippen LogP contribution >= 0.6 is 0 Å². The first-order chi connectivity index (χ1) is 12.2. The summed E-state index contributed by atoms with van der Waals surface area (Å²) in [4.78, 5) is 38.1. The third kappa shape index (κ3) is 5.58. The Bertz CT molecular complexity index is 653. The van der Waals surface area contributed by atoms with Gasteiger partial charge in [0.15, 0.2) is 6.61 Å². The number of nitrogens with one attached hydrogen (secondary N) is 1.